The molecule has 1 aromatic heterocycles. The van der Waals surface area contributed by atoms with Gasteiger partial charge in [-0.2, -0.15) is 0 Å². The van der Waals surface area contributed by atoms with Crippen LogP contribution in [-0.2, 0) is 16.0 Å². The number of carbonyl (C=O) groups excluding carboxylic acids is 1. The van der Waals surface area contributed by atoms with E-state index in [-0.39, 0.29) is 23.7 Å². The third-order valence-electron chi connectivity index (χ3n) is 5.23. The highest BCUT2D eigenvalue weighted by Gasteiger charge is 2.52. The molecule has 0 aromatic carbocycles. The average Bonchev–Trinajstić information content (AvgIpc) is 2.93. The van der Waals surface area contributed by atoms with E-state index < -0.39 is 0 Å². The molecule has 0 bridgehead atoms. The molecule has 1 aliphatic carbocycles. The van der Waals surface area contributed by atoms with Gasteiger partial charge in [0.05, 0.1) is 17.7 Å². The Bertz CT molecular complexity index is 522. The first-order chi connectivity index (χ1) is 10.6. The number of fused-ring (bicyclic) bond motifs is 1. The van der Waals surface area contributed by atoms with E-state index in [4.69, 9.17) is 4.74 Å². The Hall–Kier alpha value is -1.46. The molecule has 0 spiro atoms. The summed E-state index contributed by atoms with van der Waals surface area (Å²) in [6.45, 7) is 0.733. The van der Waals surface area contributed by atoms with Gasteiger partial charge < -0.3 is 14.7 Å². The van der Waals surface area contributed by atoms with Crippen molar-refractivity contribution in [3.05, 3.63) is 30.1 Å². The Balaban J connectivity index is 1.65. The molecule has 1 N–H and O–H groups in total. The number of aliphatic hydroxyl groups is 1. The van der Waals surface area contributed by atoms with Crippen LogP contribution in [0.2, 0.25) is 0 Å². The van der Waals surface area contributed by atoms with Gasteiger partial charge in [0.2, 0.25) is 5.91 Å². The molecule has 0 radical (unpaired) electrons. The molecule has 1 amide bonds. The lowest BCUT2D eigenvalue weighted by Gasteiger charge is -2.42. The Labute approximate surface area is 131 Å². The van der Waals surface area contributed by atoms with E-state index >= 15 is 0 Å². The van der Waals surface area contributed by atoms with E-state index in [1.807, 2.05) is 17.0 Å². The van der Waals surface area contributed by atoms with Gasteiger partial charge >= 0.3 is 0 Å². The largest absolute Gasteiger partial charge is 0.393 e. The summed E-state index contributed by atoms with van der Waals surface area (Å²) in [4.78, 5) is 18.6. The molecule has 5 heteroatoms. The molecule has 2 unspecified atom stereocenters. The van der Waals surface area contributed by atoms with Gasteiger partial charge in [-0.1, -0.05) is 6.07 Å². The second kappa shape index (κ2) is 6.34. The van der Waals surface area contributed by atoms with Crippen LogP contribution in [-0.4, -0.2) is 52.3 Å². The number of hydrogen-bond acceptors (Lipinski definition) is 4. The molecular formula is C17H24N2O3. The molecular weight excluding hydrogens is 280 g/mol. The van der Waals surface area contributed by atoms with Crippen LogP contribution < -0.4 is 0 Å². The topological polar surface area (TPSA) is 62.7 Å². The van der Waals surface area contributed by atoms with Gasteiger partial charge in [0.1, 0.15) is 0 Å². The summed E-state index contributed by atoms with van der Waals surface area (Å²) in [7, 11) is 1.73. The number of hydrogen-bond donors (Lipinski definition) is 1. The van der Waals surface area contributed by atoms with Crippen molar-refractivity contribution in [2.75, 3.05) is 13.7 Å². The van der Waals surface area contributed by atoms with Crippen molar-refractivity contribution in [3.63, 3.8) is 0 Å². The maximum Gasteiger partial charge on any atom is 0.223 e. The first-order valence-corrected chi connectivity index (χ1v) is 8.06. The Morgan fingerprint density at radius 1 is 1.55 bits per heavy atom. The van der Waals surface area contributed by atoms with Crippen LogP contribution in [0.25, 0.3) is 0 Å². The number of carbonyl (C=O) groups is 1. The number of amides is 1. The van der Waals surface area contributed by atoms with Gasteiger partial charge in [-0.3, -0.25) is 9.78 Å². The number of rotatable bonds is 4. The molecule has 120 valence electrons. The van der Waals surface area contributed by atoms with Crippen molar-refractivity contribution in [2.45, 2.75) is 56.3 Å². The van der Waals surface area contributed by atoms with Crippen LogP contribution in [0.4, 0.5) is 0 Å². The minimum absolute atomic E-state index is 0.0163. The molecule has 2 heterocycles. The number of aromatic nitrogens is 1. The predicted molar refractivity (Wildman–Crippen MR) is 82.3 cm³/mol. The number of pyridine rings is 1. The lowest BCUT2D eigenvalue weighted by molar-refractivity contribution is -0.139. The van der Waals surface area contributed by atoms with Crippen LogP contribution >= 0.6 is 0 Å². The fourth-order valence-electron chi connectivity index (χ4n) is 3.92. The molecule has 1 saturated heterocycles. The highest BCUT2D eigenvalue weighted by atomic mass is 16.5. The quantitative estimate of drug-likeness (QED) is 0.916. The van der Waals surface area contributed by atoms with Gasteiger partial charge in [-0.05, 0) is 43.7 Å². The smallest absolute Gasteiger partial charge is 0.223 e. The van der Waals surface area contributed by atoms with Crippen molar-refractivity contribution >= 4 is 5.91 Å². The molecule has 3 atom stereocenters. The van der Waals surface area contributed by atoms with Crippen LogP contribution in [0.15, 0.2) is 24.5 Å². The summed E-state index contributed by atoms with van der Waals surface area (Å²) in [6.07, 6.45) is 7.52. The number of likely N-dealkylation sites (tertiary alicyclic amines) is 1. The minimum Gasteiger partial charge on any atom is -0.393 e. The summed E-state index contributed by atoms with van der Waals surface area (Å²) in [6, 6.07) is 3.90. The molecule has 1 saturated carbocycles. The monoisotopic (exact) mass is 304 g/mol. The second-order valence-corrected chi connectivity index (χ2v) is 6.41. The van der Waals surface area contributed by atoms with Crippen molar-refractivity contribution in [1.29, 1.82) is 0 Å². The van der Waals surface area contributed by atoms with Crippen molar-refractivity contribution < 1.29 is 14.6 Å². The predicted octanol–water partition coefficient (Wildman–Crippen LogP) is 1.55. The number of nitrogens with zero attached hydrogens (tertiary/aromatic N) is 2. The van der Waals surface area contributed by atoms with Gasteiger partial charge in [-0.15, -0.1) is 0 Å². The molecule has 3 rings (SSSR count). The Morgan fingerprint density at radius 2 is 2.41 bits per heavy atom. The minimum atomic E-state index is -0.319. The van der Waals surface area contributed by atoms with E-state index in [0.717, 1.165) is 31.4 Å². The van der Waals surface area contributed by atoms with E-state index in [1.165, 1.54) is 0 Å². The van der Waals surface area contributed by atoms with Crippen molar-refractivity contribution in [3.8, 4) is 0 Å². The lowest BCUT2D eigenvalue weighted by atomic mass is 9.79. The molecule has 2 fully saturated rings. The summed E-state index contributed by atoms with van der Waals surface area (Å²) in [5.41, 5.74) is 0.833. The maximum absolute atomic E-state index is 12.6. The van der Waals surface area contributed by atoms with E-state index in [2.05, 4.69) is 4.98 Å². The van der Waals surface area contributed by atoms with Gasteiger partial charge in [0, 0.05) is 32.5 Å². The summed E-state index contributed by atoms with van der Waals surface area (Å²) >= 11 is 0. The lowest BCUT2D eigenvalue weighted by Crippen LogP contribution is -2.52. The number of aryl methyl sites for hydroxylation is 1. The average molecular weight is 304 g/mol. The summed E-state index contributed by atoms with van der Waals surface area (Å²) in [5, 5.41) is 9.97. The highest BCUT2D eigenvalue weighted by Crippen LogP contribution is 2.42. The summed E-state index contributed by atoms with van der Waals surface area (Å²) in [5.74, 6) is 0.155. The highest BCUT2D eigenvalue weighted by molar-refractivity contribution is 5.77. The fourth-order valence-corrected chi connectivity index (χ4v) is 3.92. The van der Waals surface area contributed by atoms with Crippen LogP contribution in [0, 0.1) is 0 Å². The zero-order valence-corrected chi connectivity index (χ0v) is 13.1. The number of methoxy groups -OCH3 is 1. The standard InChI is InChI=1S/C17H24N2O3/c1-22-17-7-6-14(20)11-15(17)19(10-8-17)16(21)5-4-13-3-2-9-18-12-13/h2-3,9,12,14-15,20H,4-8,10-11H2,1H3/t14?,15?,17-/m1/s1. The molecule has 5 nitrogen and oxygen atoms in total. The molecule has 22 heavy (non-hydrogen) atoms. The molecule has 2 aliphatic rings. The van der Waals surface area contributed by atoms with Crippen molar-refractivity contribution in [2.24, 2.45) is 0 Å². The first kappa shape index (κ1) is 15.4. The van der Waals surface area contributed by atoms with E-state index in [0.29, 0.717) is 19.3 Å². The van der Waals surface area contributed by atoms with Crippen molar-refractivity contribution in [1.82, 2.24) is 9.88 Å². The maximum atomic E-state index is 12.6. The van der Waals surface area contributed by atoms with Crippen LogP contribution in [0.1, 0.15) is 37.7 Å². The van der Waals surface area contributed by atoms with Gasteiger partial charge in [0.25, 0.3) is 0 Å². The SMILES string of the molecule is CO[C@@]12CCC(O)CC1N(C(=O)CCc1cccnc1)CC2. The normalized spacial score (nSPS) is 31.1. The van der Waals surface area contributed by atoms with E-state index in [1.54, 1.807) is 19.5 Å². The third kappa shape index (κ3) is 2.88. The number of ether oxygens (including phenoxy) is 1. The van der Waals surface area contributed by atoms with Crippen LogP contribution in [0.5, 0.6) is 0 Å². The Morgan fingerprint density at radius 3 is 3.14 bits per heavy atom. The van der Waals surface area contributed by atoms with Gasteiger partial charge in [0.15, 0.2) is 0 Å². The zero-order valence-electron chi connectivity index (χ0n) is 13.1. The van der Waals surface area contributed by atoms with E-state index in [9.17, 15) is 9.90 Å². The van der Waals surface area contributed by atoms with Gasteiger partial charge in [-0.25, -0.2) is 0 Å². The Kier molecular flexibility index (Phi) is 4.45. The number of aliphatic hydroxyl groups excluding tert-OH is 1. The summed E-state index contributed by atoms with van der Waals surface area (Å²) < 4.78 is 5.78. The fraction of sp³-hybridized carbons (Fsp3) is 0.647. The first-order valence-electron chi connectivity index (χ1n) is 8.06. The van der Waals surface area contributed by atoms with Crippen LogP contribution in [0.3, 0.4) is 0 Å². The molecule has 1 aliphatic heterocycles. The zero-order chi connectivity index (χ0) is 15.6. The molecule has 1 aromatic rings. The second-order valence-electron chi connectivity index (χ2n) is 6.41. The third-order valence-corrected chi connectivity index (χ3v) is 5.23.